The average Bonchev–Trinajstić information content (AvgIpc) is 2.79. The van der Waals surface area contributed by atoms with E-state index >= 15 is 0 Å². The van der Waals surface area contributed by atoms with Crippen molar-refractivity contribution in [2.75, 3.05) is 6.54 Å². The number of nitrogens with two attached hydrogens (primary N) is 1. The third kappa shape index (κ3) is 2.71. The minimum absolute atomic E-state index is 0.595. The highest BCUT2D eigenvalue weighted by molar-refractivity contribution is 5.58. The van der Waals surface area contributed by atoms with Crippen LogP contribution in [0.4, 0.5) is 0 Å². The van der Waals surface area contributed by atoms with Crippen molar-refractivity contribution >= 4 is 0 Å². The number of benzene rings is 1. The summed E-state index contributed by atoms with van der Waals surface area (Å²) in [5.41, 5.74) is 7.74. The SMILES string of the molecule is CCCc1noc(-c2ccccc2CCN)n1. The summed E-state index contributed by atoms with van der Waals surface area (Å²) in [4.78, 5) is 4.39. The Kier molecular flexibility index (Phi) is 3.88. The van der Waals surface area contributed by atoms with E-state index in [1.54, 1.807) is 0 Å². The molecule has 4 nitrogen and oxygen atoms in total. The smallest absolute Gasteiger partial charge is 0.258 e. The quantitative estimate of drug-likeness (QED) is 0.856. The van der Waals surface area contributed by atoms with Crippen LogP contribution in [-0.2, 0) is 12.8 Å². The van der Waals surface area contributed by atoms with Gasteiger partial charge < -0.3 is 10.3 Å². The third-order valence-electron chi connectivity index (χ3n) is 2.60. The fourth-order valence-corrected chi connectivity index (χ4v) is 1.79. The maximum Gasteiger partial charge on any atom is 0.258 e. The molecule has 17 heavy (non-hydrogen) atoms. The maximum atomic E-state index is 5.59. The first-order valence-electron chi connectivity index (χ1n) is 5.96. The Hall–Kier alpha value is -1.68. The van der Waals surface area contributed by atoms with Crippen LogP contribution in [0.15, 0.2) is 28.8 Å². The molecule has 0 amide bonds. The first-order chi connectivity index (χ1) is 8.35. The van der Waals surface area contributed by atoms with Gasteiger partial charge in [0.25, 0.3) is 5.89 Å². The molecule has 0 fully saturated rings. The van der Waals surface area contributed by atoms with Crippen molar-refractivity contribution in [3.05, 3.63) is 35.7 Å². The van der Waals surface area contributed by atoms with Crippen molar-refractivity contribution < 1.29 is 4.52 Å². The van der Waals surface area contributed by atoms with Gasteiger partial charge in [0.1, 0.15) is 0 Å². The van der Waals surface area contributed by atoms with Crippen molar-refractivity contribution in [2.45, 2.75) is 26.2 Å². The van der Waals surface area contributed by atoms with Crippen molar-refractivity contribution in [1.29, 1.82) is 0 Å². The van der Waals surface area contributed by atoms with Crippen LogP contribution in [0.2, 0.25) is 0 Å². The minimum atomic E-state index is 0.595. The fourth-order valence-electron chi connectivity index (χ4n) is 1.79. The number of rotatable bonds is 5. The lowest BCUT2D eigenvalue weighted by Crippen LogP contribution is -2.03. The van der Waals surface area contributed by atoms with Gasteiger partial charge in [0.15, 0.2) is 5.82 Å². The van der Waals surface area contributed by atoms with Crippen LogP contribution < -0.4 is 5.73 Å². The standard InChI is InChI=1S/C13H17N3O/c1-2-5-12-15-13(17-16-12)11-7-4-3-6-10(11)8-9-14/h3-4,6-7H,2,5,8-9,14H2,1H3. The lowest BCUT2D eigenvalue weighted by Gasteiger charge is -2.03. The van der Waals surface area contributed by atoms with Crippen LogP contribution in [0.25, 0.3) is 11.5 Å². The predicted molar refractivity (Wildman–Crippen MR) is 66.5 cm³/mol. The molecule has 0 radical (unpaired) electrons. The van der Waals surface area contributed by atoms with Gasteiger partial charge >= 0.3 is 0 Å². The van der Waals surface area contributed by atoms with Crippen molar-refractivity contribution in [2.24, 2.45) is 5.73 Å². The van der Waals surface area contributed by atoms with E-state index in [1.807, 2.05) is 24.3 Å². The molecule has 0 spiro atoms. The van der Waals surface area contributed by atoms with Crippen molar-refractivity contribution in [1.82, 2.24) is 10.1 Å². The van der Waals surface area contributed by atoms with Gasteiger partial charge in [0, 0.05) is 12.0 Å². The number of aryl methyl sites for hydroxylation is 1. The van der Waals surface area contributed by atoms with Gasteiger partial charge in [-0.25, -0.2) is 0 Å². The van der Waals surface area contributed by atoms with E-state index in [0.717, 1.165) is 36.2 Å². The topological polar surface area (TPSA) is 64.9 Å². The molecule has 0 aliphatic rings. The Morgan fingerprint density at radius 3 is 2.82 bits per heavy atom. The van der Waals surface area contributed by atoms with E-state index < -0.39 is 0 Å². The number of hydrogen-bond acceptors (Lipinski definition) is 4. The molecule has 0 aliphatic carbocycles. The molecule has 4 heteroatoms. The normalized spacial score (nSPS) is 10.7. The van der Waals surface area contributed by atoms with Gasteiger partial charge in [-0.15, -0.1) is 0 Å². The molecule has 2 aromatic rings. The Bertz CT molecular complexity index is 479. The lowest BCUT2D eigenvalue weighted by molar-refractivity contribution is 0.422. The van der Waals surface area contributed by atoms with Gasteiger partial charge in [-0.3, -0.25) is 0 Å². The van der Waals surface area contributed by atoms with E-state index in [0.29, 0.717) is 12.4 Å². The van der Waals surface area contributed by atoms with Gasteiger partial charge in [-0.1, -0.05) is 30.3 Å². The van der Waals surface area contributed by atoms with Crippen LogP contribution >= 0.6 is 0 Å². The molecule has 0 saturated heterocycles. The zero-order valence-electron chi connectivity index (χ0n) is 10.0. The monoisotopic (exact) mass is 231 g/mol. The molecule has 2 N–H and O–H groups in total. The molecule has 0 saturated carbocycles. The summed E-state index contributed by atoms with van der Waals surface area (Å²) in [6.45, 7) is 2.71. The number of aromatic nitrogens is 2. The van der Waals surface area contributed by atoms with Gasteiger partial charge in [0.2, 0.25) is 0 Å². The Morgan fingerprint density at radius 2 is 2.06 bits per heavy atom. The summed E-state index contributed by atoms with van der Waals surface area (Å²) >= 11 is 0. The molecule has 1 aromatic heterocycles. The molecule has 2 rings (SSSR count). The zero-order valence-corrected chi connectivity index (χ0v) is 10.0. The van der Waals surface area contributed by atoms with E-state index in [4.69, 9.17) is 10.3 Å². The highest BCUT2D eigenvalue weighted by Crippen LogP contribution is 2.22. The molecular formula is C13H17N3O. The van der Waals surface area contributed by atoms with Crippen molar-refractivity contribution in [3.63, 3.8) is 0 Å². The fraction of sp³-hybridized carbons (Fsp3) is 0.385. The molecule has 1 heterocycles. The molecule has 90 valence electrons. The lowest BCUT2D eigenvalue weighted by atomic mass is 10.0. The summed E-state index contributed by atoms with van der Waals surface area (Å²) in [5.74, 6) is 1.36. The van der Waals surface area contributed by atoms with Crippen LogP contribution in [0, 0.1) is 0 Å². The number of hydrogen-bond donors (Lipinski definition) is 1. The van der Waals surface area contributed by atoms with E-state index in [-0.39, 0.29) is 0 Å². The van der Waals surface area contributed by atoms with E-state index in [2.05, 4.69) is 17.1 Å². The third-order valence-corrected chi connectivity index (χ3v) is 2.60. The van der Waals surface area contributed by atoms with Crippen LogP contribution in [-0.4, -0.2) is 16.7 Å². The van der Waals surface area contributed by atoms with Crippen LogP contribution in [0.3, 0.4) is 0 Å². The van der Waals surface area contributed by atoms with Crippen molar-refractivity contribution in [3.8, 4) is 11.5 Å². The minimum Gasteiger partial charge on any atom is -0.334 e. The predicted octanol–water partition coefficient (Wildman–Crippen LogP) is 2.19. The highest BCUT2D eigenvalue weighted by atomic mass is 16.5. The molecule has 0 unspecified atom stereocenters. The first kappa shape index (κ1) is 11.8. The van der Waals surface area contributed by atoms with E-state index in [9.17, 15) is 0 Å². The van der Waals surface area contributed by atoms with Gasteiger partial charge in [-0.2, -0.15) is 4.98 Å². The zero-order chi connectivity index (χ0) is 12.1. The van der Waals surface area contributed by atoms with Crippen LogP contribution in [0.5, 0.6) is 0 Å². The second-order valence-corrected chi connectivity index (χ2v) is 3.96. The summed E-state index contributed by atoms with van der Waals surface area (Å²) in [6.07, 6.45) is 2.69. The van der Waals surface area contributed by atoms with Crippen LogP contribution in [0.1, 0.15) is 24.7 Å². The first-order valence-corrected chi connectivity index (χ1v) is 5.96. The Balaban J connectivity index is 2.31. The maximum absolute atomic E-state index is 5.59. The number of nitrogens with zero attached hydrogens (tertiary/aromatic N) is 2. The average molecular weight is 231 g/mol. The largest absolute Gasteiger partial charge is 0.334 e. The molecule has 1 aromatic carbocycles. The summed E-state index contributed by atoms with van der Waals surface area (Å²) in [5, 5.41) is 3.97. The second kappa shape index (κ2) is 5.59. The van der Waals surface area contributed by atoms with Gasteiger partial charge in [0.05, 0.1) is 0 Å². The molecule has 0 aliphatic heterocycles. The van der Waals surface area contributed by atoms with E-state index in [1.165, 1.54) is 0 Å². The van der Waals surface area contributed by atoms with Gasteiger partial charge in [-0.05, 0) is 31.0 Å². The Morgan fingerprint density at radius 1 is 1.24 bits per heavy atom. The summed E-state index contributed by atoms with van der Waals surface area (Å²) in [6, 6.07) is 8.01. The molecule has 0 atom stereocenters. The summed E-state index contributed by atoms with van der Waals surface area (Å²) in [7, 11) is 0. The molecular weight excluding hydrogens is 214 g/mol. The highest BCUT2D eigenvalue weighted by Gasteiger charge is 2.11. The Labute approximate surface area is 101 Å². The molecule has 0 bridgehead atoms. The summed E-state index contributed by atoms with van der Waals surface area (Å²) < 4.78 is 5.29. The second-order valence-electron chi connectivity index (χ2n) is 3.96.